The number of halogens is 1. The molecule has 0 amide bonds. The van der Waals surface area contributed by atoms with Crippen molar-refractivity contribution in [3.8, 4) is 11.5 Å². The van der Waals surface area contributed by atoms with Gasteiger partial charge in [-0.3, -0.25) is 0 Å². The first-order chi connectivity index (χ1) is 10.0. The Morgan fingerprint density at radius 1 is 1.00 bits per heavy atom. The van der Waals surface area contributed by atoms with Crippen molar-refractivity contribution in [3.63, 3.8) is 0 Å². The zero-order valence-electron chi connectivity index (χ0n) is 14.9. The predicted octanol–water partition coefficient (Wildman–Crippen LogP) is 5.14. The van der Waals surface area contributed by atoms with E-state index in [2.05, 4.69) is 66.8 Å². The molecule has 1 aromatic carbocycles. The van der Waals surface area contributed by atoms with E-state index in [0.717, 1.165) is 11.5 Å². The maximum absolute atomic E-state index is 5.58. The molecule has 22 heavy (non-hydrogen) atoms. The minimum atomic E-state index is -0.391. The molecule has 0 spiro atoms. The number of hydrogen-bond donors (Lipinski definition) is 0. The van der Waals surface area contributed by atoms with Gasteiger partial charge in [-0.2, -0.15) is 0 Å². The molecule has 0 radical (unpaired) electrons. The third-order valence-corrected chi connectivity index (χ3v) is 6.48. The van der Waals surface area contributed by atoms with Crippen LogP contribution in [0, 0.1) is 0 Å². The second-order valence-electron chi connectivity index (χ2n) is 6.80. The van der Waals surface area contributed by atoms with Crippen molar-refractivity contribution in [1.29, 1.82) is 0 Å². The van der Waals surface area contributed by atoms with Gasteiger partial charge in [0.25, 0.3) is 0 Å². The number of benzene rings is 1. The van der Waals surface area contributed by atoms with Crippen LogP contribution in [0.25, 0.3) is 0 Å². The van der Waals surface area contributed by atoms with Crippen LogP contribution in [0.1, 0.15) is 41.5 Å². The Balaban J connectivity index is 0.00000135. The van der Waals surface area contributed by atoms with Crippen molar-refractivity contribution in [2.24, 2.45) is 0 Å². The van der Waals surface area contributed by atoms with Gasteiger partial charge < -0.3 is 9.47 Å². The number of methoxy groups -OCH3 is 2. The SMILES string of the molecule is COc1ccc(OC)c(P(C(C)(C)C)C(C)(C)C)c1.Cl[CH2][Pd]. The Labute approximate surface area is 153 Å². The zero-order chi connectivity index (χ0) is 17.6. The van der Waals surface area contributed by atoms with Crippen LogP contribution in [0.4, 0.5) is 0 Å². The first kappa shape index (κ1) is 22.2. The quantitative estimate of drug-likeness (QED) is 0.370. The fourth-order valence-electron chi connectivity index (χ4n) is 2.70. The Morgan fingerprint density at radius 2 is 1.45 bits per heavy atom. The van der Waals surface area contributed by atoms with Gasteiger partial charge in [0.1, 0.15) is 11.5 Å². The van der Waals surface area contributed by atoms with Crippen LogP contribution in [-0.4, -0.2) is 28.9 Å². The molecule has 0 bridgehead atoms. The molecule has 0 aliphatic heterocycles. The Morgan fingerprint density at radius 3 is 1.77 bits per heavy atom. The second-order valence-corrected chi connectivity index (χ2v) is 12.1. The van der Waals surface area contributed by atoms with Gasteiger partial charge in [0.2, 0.25) is 0 Å². The first-order valence-electron chi connectivity index (χ1n) is 7.12. The summed E-state index contributed by atoms with van der Waals surface area (Å²) in [5.41, 5.74) is 0. The van der Waals surface area contributed by atoms with E-state index >= 15 is 0 Å². The van der Waals surface area contributed by atoms with Gasteiger partial charge in [-0.1, -0.05) is 49.5 Å². The summed E-state index contributed by atoms with van der Waals surface area (Å²) in [5, 5.41) is 1.72. The standard InChI is InChI=1S/C16H27O2P.CH2Cl.Pd/c1-15(2,3)19(16(4,5)6)14-11-12(17-7)9-10-13(14)18-8;1-2;/h9-11H,1-8H3;1H2;. The molecule has 0 fully saturated rings. The van der Waals surface area contributed by atoms with E-state index in [1.54, 1.807) is 14.2 Å². The summed E-state index contributed by atoms with van der Waals surface area (Å²) < 4.78 is 11.5. The normalized spacial score (nSPS) is 11.8. The average Bonchev–Trinajstić information content (AvgIpc) is 2.36. The van der Waals surface area contributed by atoms with E-state index in [1.165, 1.54) is 5.30 Å². The minimum absolute atomic E-state index is 0.216. The molecule has 2 nitrogen and oxygen atoms in total. The molecular formula is C17H29ClO2PPd. The summed E-state index contributed by atoms with van der Waals surface area (Å²) in [6.45, 7) is 13.9. The number of ether oxygens (including phenoxy) is 2. The Hall–Kier alpha value is 0.202. The van der Waals surface area contributed by atoms with Gasteiger partial charge in [-0.25, -0.2) is 0 Å². The van der Waals surface area contributed by atoms with Crippen LogP contribution in [0.5, 0.6) is 11.5 Å². The van der Waals surface area contributed by atoms with Crippen molar-refractivity contribution in [3.05, 3.63) is 18.2 Å². The van der Waals surface area contributed by atoms with Crippen LogP contribution < -0.4 is 14.8 Å². The van der Waals surface area contributed by atoms with E-state index in [1.807, 2.05) is 12.1 Å². The van der Waals surface area contributed by atoms with Crippen molar-refractivity contribution >= 4 is 24.8 Å². The van der Waals surface area contributed by atoms with Crippen LogP contribution >= 0.6 is 19.5 Å². The molecule has 0 N–H and O–H groups in total. The second kappa shape index (κ2) is 9.49. The van der Waals surface area contributed by atoms with Crippen LogP contribution in [0.2, 0.25) is 0 Å². The third kappa shape index (κ3) is 6.76. The van der Waals surface area contributed by atoms with Gasteiger partial charge in [-0.05, 0) is 28.5 Å². The molecule has 0 saturated carbocycles. The summed E-state index contributed by atoms with van der Waals surface area (Å²) in [6.07, 6.45) is 0. The molecular weight excluding hydrogens is 409 g/mol. The molecule has 0 aliphatic carbocycles. The molecule has 0 saturated heterocycles. The van der Waals surface area contributed by atoms with E-state index in [4.69, 9.17) is 21.1 Å². The number of rotatable bonds is 3. The summed E-state index contributed by atoms with van der Waals surface area (Å²) in [4.78, 5) is 0. The van der Waals surface area contributed by atoms with Gasteiger partial charge >= 0.3 is 35.2 Å². The summed E-state index contributed by atoms with van der Waals surface area (Å²) in [7, 11) is 3.06. The van der Waals surface area contributed by atoms with E-state index < -0.39 is 7.92 Å². The molecule has 131 valence electrons. The molecule has 1 aromatic rings. The van der Waals surface area contributed by atoms with Crippen molar-refractivity contribution in [2.75, 3.05) is 18.6 Å². The van der Waals surface area contributed by atoms with Crippen molar-refractivity contribution in [1.82, 2.24) is 0 Å². The maximum atomic E-state index is 5.58. The monoisotopic (exact) mass is 437 g/mol. The Bertz CT molecular complexity index is 439. The summed E-state index contributed by atoms with van der Waals surface area (Å²) >= 11 is 7.64. The summed E-state index contributed by atoms with van der Waals surface area (Å²) in [6, 6.07) is 6.11. The molecule has 0 atom stereocenters. The zero-order valence-corrected chi connectivity index (χ0v) is 18.1. The van der Waals surface area contributed by atoms with E-state index in [-0.39, 0.29) is 10.3 Å². The Kier molecular flexibility index (Phi) is 9.57. The van der Waals surface area contributed by atoms with Crippen molar-refractivity contribution in [2.45, 2.75) is 51.9 Å². The number of alkyl halides is 1. The van der Waals surface area contributed by atoms with E-state index in [9.17, 15) is 0 Å². The van der Waals surface area contributed by atoms with Crippen LogP contribution in [0.3, 0.4) is 0 Å². The third-order valence-electron chi connectivity index (χ3n) is 2.97. The van der Waals surface area contributed by atoms with E-state index in [0.29, 0.717) is 4.35 Å². The van der Waals surface area contributed by atoms with Gasteiger partial charge in [0, 0.05) is 5.30 Å². The van der Waals surface area contributed by atoms with Gasteiger partial charge in [0.05, 0.1) is 14.2 Å². The number of hydrogen-bond acceptors (Lipinski definition) is 2. The molecule has 5 heteroatoms. The fourth-order valence-corrected chi connectivity index (χ4v) is 6.80. The topological polar surface area (TPSA) is 18.5 Å². The van der Waals surface area contributed by atoms with Crippen molar-refractivity contribution < 1.29 is 28.7 Å². The fraction of sp³-hybridized carbons (Fsp3) is 0.647. The molecule has 0 heterocycles. The van der Waals surface area contributed by atoms with Gasteiger partial charge in [-0.15, -0.1) is 0 Å². The summed E-state index contributed by atoms with van der Waals surface area (Å²) in [5.74, 6) is 1.87. The molecule has 1 rings (SSSR count). The van der Waals surface area contributed by atoms with Gasteiger partial charge in [0.15, 0.2) is 0 Å². The average molecular weight is 438 g/mol. The van der Waals surface area contributed by atoms with Crippen LogP contribution in [-0.2, 0) is 19.2 Å². The predicted molar refractivity (Wildman–Crippen MR) is 96.3 cm³/mol. The molecule has 0 aliphatic rings. The first-order valence-corrected chi connectivity index (χ1v) is 10.1. The molecule has 0 unspecified atom stereocenters. The molecule has 0 aromatic heterocycles. The van der Waals surface area contributed by atoms with Crippen LogP contribution in [0.15, 0.2) is 18.2 Å².